The Morgan fingerprint density at radius 1 is 1.48 bits per heavy atom. The van der Waals surface area contributed by atoms with Crippen LogP contribution in [0, 0.1) is 11.3 Å². The molecule has 1 aliphatic heterocycles. The fourth-order valence-corrected chi connectivity index (χ4v) is 2.48. The molecule has 2 rings (SSSR count). The normalized spacial score (nSPS) is 18.5. The molecule has 21 heavy (non-hydrogen) atoms. The smallest absolute Gasteiger partial charge is 0.354 e. The van der Waals surface area contributed by atoms with E-state index >= 15 is 0 Å². The molecule has 0 spiro atoms. The Morgan fingerprint density at radius 3 is 2.76 bits per heavy atom. The summed E-state index contributed by atoms with van der Waals surface area (Å²) in [5, 5.41) is 12.4. The maximum absolute atomic E-state index is 12.8. The summed E-state index contributed by atoms with van der Waals surface area (Å²) in [7, 11) is 0. The molecule has 0 amide bonds. The second-order valence-corrected chi connectivity index (χ2v) is 5.01. The first kappa shape index (κ1) is 15.6. The number of alkyl halides is 3. The molecule has 1 atom stereocenters. The van der Waals surface area contributed by atoms with E-state index in [1.54, 1.807) is 4.90 Å². The third-order valence-electron chi connectivity index (χ3n) is 3.57. The Bertz CT molecular complexity index is 530. The highest BCUT2D eigenvalue weighted by Gasteiger charge is 2.33. The average Bonchev–Trinajstić information content (AvgIpc) is 2.96. The zero-order chi connectivity index (χ0) is 15.5. The van der Waals surface area contributed by atoms with Crippen LogP contribution in [-0.2, 0) is 6.18 Å². The number of hydrogen-bond acceptors (Lipinski definition) is 4. The van der Waals surface area contributed by atoms with Crippen molar-refractivity contribution in [1.82, 2.24) is 10.3 Å². The summed E-state index contributed by atoms with van der Waals surface area (Å²) >= 11 is 0. The maximum atomic E-state index is 12.8. The van der Waals surface area contributed by atoms with E-state index in [2.05, 4.69) is 10.3 Å². The quantitative estimate of drug-likeness (QED) is 0.928. The van der Waals surface area contributed by atoms with Crippen LogP contribution in [0.15, 0.2) is 12.1 Å². The lowest BCUT2D eigenvalue weighted by atomic mass is 10.2. The van der Waals surface area contributed by atoms with Gasteiger partial charge >= 0.3 is 6.18 Å². The molecule has 0 radical (unpaired) electrons. The van der Waals surface area contributed by atoms with Gasteiger partial charge in [0.1, 0.15) is 17.6 Å². The van der Waals surface area contributed by atoms with Crippen molar-refractivity contribution >= 4 is 5.82 Å². The van der Waals surface area contributed by atoms with Crippen molar-refractivity contribution in [3.05, 3.63) is 23.4 Å². The number of nitrogens with zero attached hydrogens (tertiary/aromatic N) is 3. The van der Waals surface area contributed by atoms with Crippen molar-refractivity contribution in [3.8, 4) is 6.07 Å². The maximum Gasteiger partial charge on any atom is 0.433 e. The number of hydrogen-bond donors (Lipinski definition) is 1. The first-order valence-corrected chi connectivity index (χ1v) is 6.92. The Balaban J connectivity index is 2.31. The van der Waals surface area contributed by atoms with Crippen LogP contribution in [0.25, 0.3) is 0 Å². The largest absolute Gasteiger partial charge is 0.433 e. The van der Waals surface area contributed by atoms with Crippen molar-refractivity contribution in [1.29, 1.82) is 5.26 Å². The predicted molar refractivity (Wildman–Crippen MR) is 72.9 cm³/mol. The molecule has 1 saturated heterocycles. The van der Waals surface area contributed by atoms with Gasteiger partial charge in [-0.15, -0.1) is 0 Å². The van der Waals surface area contributed by atoms with Gasteiger partial charge in [-0.05, 0) is 38.4 Å². The average molecular weight is 298 g/mol. The first-order valence-electron chi connectivity index (χ1n) is 6.92. The highest BCUT2D eigenvalue weighted by molar-refractivity contribution is 5.54. The van der Waals surface area contributed by atoms with Crippen LogP contribution >= 0.6 is 0 Å². The Morgan fingerprint density at radius 2 is 2.24 bits per heavy atom. The third-order valence-corrected chi connectivity index (χ3v) is 3.57. The summed E-state index contributed by atoms with van der Waals surface area (Å²) in [6.45, 7) is 3.82. The lowest BCUT2D eigenvalue weighted by Gasteiger charge is -2.26. The molecule has 7 heteroatoms. The molecule has 0 saturated carbocycles. The number of nitrogens with one attached hydrogen (secondary N) is 1. The van der Waals surface area contributed by atoms with Gasteiger partial charge in [0.25, 0.3) is 0 Å². The van der Waals surface area contributed by atoms with E-state index < -0.39 is 11.9 Å². The molecule has 1 unspecified atom stereocenters. The SMILES string of the molecule is CCN(CC1CCCN1)c1nc(C(F)(F)F)ccc1C#N. The number of rotatable bonds is 4. The molecular weight excluding hydrogens is 281 g/mol. The molecule has 0 aromatic carbocycles. The number of likely N-dealkylation sites (N-methyl/N-ethyl adjacent to an activating group) is 1. The van der Waals surface area contributed by atoms with Crippen LogP contribution in [-0.4, -0.2) is 30.7 Å². The lowest BCUT2D eigenvalue weighted by molar-refractivity contribution is -0.141. The van der Waals surface area contributed by atoms with Crippen molar-refractivity contribution < 1.29 is 13.2 Å². The highest BCUT2D eigenvalue weighted by Crippen LogP contribution is 2.30. The number of pyridine rings is 1. The van der Waals surface area contributed by atoms with E-state index in [9.17, 15) is 13.2 Å². The van der Waals surface area contributed by atoms with Gasteiger partial charge in [-0.2, -0.15) is 18.4 Å². The fourth-order valence-electron chi connectivity index (χ4n) is 2.48. The molecule has 1 aromatic rings. The van der Waals surface area contributed by atoms with Crippen LogP contribution in [0.5, 0.6) is 0 Å². The number of anilines is 1. The number of nitriles is 1. The molecule has 0 bridgehead atoms. The van der Waals surface area contributed by atoms with Crippen LogP contribution in [0.3, 0.4) is 0 Å². The van der Waals surface area contributed by atoms with E-state index in [1.165, 1.54) is 6.07 Å². The molecule has 114 valence electrons. The predicted octanol–water partition coefficient (Wildman–Crippen LogP) is 2.55. The Kier molecular flexibility index (Phi) is 4.68. The molecular formula is C14H17F3N4. The molecule has 1 aliphatic rings. The van der Waals surface area contributed by atoms with Crippen LogP contribution in [0.2, 0.25) is 0 Å². The Hall–Kier alpha value is -1.81. The highest BCUT2D eigenvalue weighted by atomic mass is 19.4. The van der Waals surface area contributed by atoms with Crippen molar-refractivity contribution in [2.45, 2.75) is 32.0 Å². The molecule has 1 N–H and O–H groups in total. The van der Waals surface area contributed by atoms with Crippen LogP contribution < -0.4 is 10.2 Å². The van der Waals surface area contributed by atoms with Gasteiger partial charge in [0.2, 0.25) is 0 Å². The monoisotopic (exact) mass is 298 g/mol. The van der Waals surface area contributed by atoms with Gasteiger partial charge in [-0.25, -0.2) is 4.98 Å². The molecule has 1 aromatic heterocycles. The van der Waals surface area contributed by atoms with Gasteiger partial charge in [-0.3, -0.25) is 0 Å². The Labute approximate surface area is 121 Å². The van der Waals surface area contributed by atoms with Gasteiger partial charge < -0.3 is 10.2 Å². The van der Waals surface area contributed by atoms with E-state index in [1.807, 2.05) is 13.0 Å². The van der Waals surface area contributed by atoms with Crippen molar-refractivity contribution in [2.75, 3.05) is 24.5 Å². The fraction of sp³-hybridized carbons (Fsp3) is 0.571. The van der Waals surface area contributed by atoms with Gasteiger partial charge in [0.15, 0.2) is 0 Å². The van der Waals surface area contributed by atoms with Crippen LogP contribution in [0.1, 0.15) is 31.0 Å². The van der Waals surface area contributed by atoms with E-state index in [0.717, 1.165) is 25.5 Å². The van der Waals surface area contributed by atoms with Crippen molar-refractivity contribution in [3.63, 3.8) is 0 Å². The minimum atomic E-state index is -4.51. The first-order chi connectivity index (χ1) is 9.95. The lowest BCUT2D eigenvalue weighted by Crippen LogP contribution is -2.38. The standard InChI is InChI=1S/C14H17F3N4/c1-2-21(9-11-4-3-7-19-11)13-10(8-18)5-6-12(20-13)14(15,16)17/h5-6,11,19H,2-4,7,9H2,1H3. The summed E-state index contributed by atoms with van der Waals surface area (Å²) < 4.78 is 38.4. The van der Waals surface area contributed by atoms with Gasteiger partial charge in [-0.1, -0.05) is 0 Å². The molecule has 0 aliphatic carbocycles. The molecule has 4 nitrogen and oxygen atoms in total. The second-order valence-electron chi connectivity index (χ2n) is 5.01. The topological polar surface area (TPSA) is 52.0 Å². The zero-order valence-electron chi connectivity index (χ0n) is 11.7. The summed E-state index contributed by atoms with van der Waals surface area (Å²) in [6.07, 6.45) is -2.46. The summed E-state index contributed by atoms with van der Waals surface area (Å²) in [4.78, 5) is 5.41. The zero-order valence-corrected chi connectivity index (χ0v) is 11.7. The molecule has 2 heterocycles. The van der Waals surface area contributed by atoms with Crippen molar-refractivity contribution in [2.24, 2.45) is 0 Å². The number of halogens is 3. The van der Waals surface area contributed by atoms with E-state index in [-0.39, 0.29) is 17.4 Å². The summed E-state index contributed by atoms with van der Waals surface area (Å²) in [6, 6.07) is 4.19. The summed E-state index contributed by atoms with van der Waals surface area (Å²) in [5.41, 5.74) is -0.794. The minimum absolute atomic E-state index is 0.114. The summed E-state index contributed by atoms with van der Waals surface area (Å²) in [5.74, 6) is 0.114. The molecule has 1 fully saturated rings. The van der Waals surface area contributed by atoms with Crippen LogP contribution in [0.4, 0.5) is 19.0 Å². The third kappa shape index (κ3) is 3.64. The van der Waals surface area contributed by atoms with E-state index in [4.69, 9.17) is 5.26 Å². The number of aromatic nitrogens is 1. The second kappa shape index (κ2) is 6.31. The van der Waals surface area contributed by atoms with Gasteiger partial charge in [0, 0.05) is 19.1 Å². The van der Waals surface area contributed by atoms with E-state index in [0.29, 0.717) is 13.1 Å². The van der Waals surface area contributed by atoms with Gasteiger partial charge in [0.05, 0.1) is 5.56 Å². The minimum Gasteiger partial charge on any atom is -0.354 e.